The van der Waals surface area contributed by atoms with Gasteiger partial charge in [-0.25, -0.2) is 0 Å². The minimum Gasteiger partial charge on any atom is -0.381 e. The van der Waals surface area contributed by atoms with Crippen molar-refractivity contribution < 1.29 is 4.74 Å². The molecular weight excluding hydrogens is 258 g/mol. The number of nitrogens with one attached hydrogen (secondary N) is 1. The molecule has 1 aromatic rings. The van der Waals surface area contributed by atoms with Gasteiger partial charge in [0.2, 0.25) is 0 Å². The number of benzene rings is 1. The molecule has 2 nitrogen and oxygen atoms in total. The van der Waals surface area contributed by atoms with Gasteiger partial charge in [0.1, 0.15) is 0 Å². The first kappa shape index (κ1) is 14.8. The van der Waals surface area contributed by atoms with Crippen LogP contribution < -0.4 is 5.32 Å². The standard InChI is InChI=1S/C16H24ClNO/c1-2-3-16(14-4-6-15(17)7-5-14)18-10-8-13-9-11-19-12-13/h4-7,13,16,18H,2-3,8-12H2,1H3. The molecular formula is C16H24ClNO. The zero-order chi connectivity index (χ0) is 13.5. The molecule has 2 atom stereocenters. The van der Waals surface area contributed by atoms with Gasteiger partial charge in [0.25, 0.3) is 0 Å². The average Bonchev–Trinajstić information content (AvgIpc) is 2.92. The SMILES string of the molecule is CCCC(NCCC1CCOC1)c1ccc(Cl)cc1. The van der Waals surface area contributed by atoms with E-state index < -0.39 is 0 Å². The summed E-state index contributed by atoms with van der Waals surface area (Å²) >= 11 is 5.95. The number of rotatable bonds is 7. The molecule has 0 saturated carbocycles. The largest absolute Gasteiger partial charge is 0.381 e. The van der Waals surface area contributed by atoms with Crippen molar-refractivity contribution in [2.75, 3.05) is 19.8 Å². The summed E-state index contributed by atoms with van der Waals surface area (Å²) in [5.74, 6) is 0.750. The molecule has 1 aliphatic rings. The molecule has 0 spiro atoms. The van der Waals surface area contributed by atoms with Crippen molar-refractivity contribution >= 4 is 11.6 Å². The third-order valence-electron chi connectivity index (χ3n) is 3.82. The maximum atomic E-state index is 5.95. The van der Waals surface area contributed by atoms with Crippen LogP contribution in [0.15, 0.2) is 24.3 Å². The highest BCUT2D eigenvalue weighted by Crippen LogP contribution is 2.21. The predicted molar refractivity (Wildman–Crippen MR) is 80.6 cm³/mol. The summed E-state index contributed by atoms with van der Waals surface area (Å²) in [5, 5.41) is 4.49. The van der Waals surface area contributed by atoms with E-state index >= 15 is 0 Å². The lowest BCUT2D eigenvalue weighted by molar-refractivity contribution is 0.184. The van der Waals surface area contributed by atoms with E-state index in [-0.39, 0.29) is 0 Å². The van der Waals surface area contributed by atoms with Gasteiger partial charge in [0.05, 0.1) is 0 Å². The lowest BCUT2D eigenvalue weighted by Gasteiger charge is -2.19. The fourth-order valence-corrected chi connectivity index (χ4v) is 2.77. The fraction of sp³-hybridized carbons (Fsp3) is 0.625. The second-order valence-electron chi connectivity index (χ2n) is 5.37. The zero-order valence-electron chi connectivity index (χ0n) is 11.7. The number of hydrogen-bond donors (Lipinski definition) is 1. The van der Waals surface area contributed by atoms with E-state index in [1.54, 1.807) is 0 Å². The van der Waals surface area contributed by atoms with E-state index in [1.807, 2.05) is 12.1 Å². The van der Waals surface area contributed by atoms with Crippen molar-refractivity contribution in [2.24, 2.45) is 5.92 Å². The van der Waals surface area contributed by atoms with Crippen LogP contribution in [0.4, 0.5) is 0 Å². The third-order valence-corrected chi connectivity index (χ3v) is 4.07. The molecule has 106 valence electrons. The highest BCUT2D eigenvalue weighted by Gasteiger charge is 2.16. The van der Waals surface area contributed by atoms with Crippen LogP contribution in [0.3, 0.4) is 0 Å². The quantitative estimate of drug-likeness (QED) is 0.809. The molecule has 0 radical (unpaired) electrons. The molecule has 2 unspecified atom stereocenters. The Morgan fingerprint density at radius 3 is 2.79 bits per heavy atom. The van der Waals surface area contributed by atoms with E-state index in [0.29, 0.717) is 6.04 Å². The summed E-state index contributed by atoms with van der Waals surface area (Å²) in [6.07, 6.45) is 4.80. The Labute approximate surface area is 121 Å². The smallest absolute Gasteiger partial charge is 0.0495 e. The Balaban J connectivity index is 1.82. The van der Waals surface area contributed by atoms with Crippen LogP contribution in [0.2, 0.25) is 5.02 Å². The van der Waals surface area contributed by atoms with Gasteiger partial charge in [-0.3, -0.25) is 0 Å². The van der Waals surface area contributed by atoms with Crippen molar-refractivity contribution in [1.82, 2.24) is 5.32 Å². The van der Waals surface area contributed by atoms with Crippen LogP contribution in [-0.4, -0.2) is 19.8 Å². The maximum absolute atomic E-state index is 5.95. The highest BCUT2D eigenvalue weighted by atomic mass is 35.5. The highest BCUT2D eigenvalue weighted by molar-refractivity contribution is 6.30. The van der Waals surface area contributed by atoms with Crippen LogP contribution >= 0.6 is 11.6 Å². The monoisotopic (exact) mass is 281 g/mol. The lowest BCUT2D eigenvalue weighted by Crippen LogP contribution is -2.24. The molecule has 1 saturated heterocycles. The maximum Gasteiger partial charge on any atom is 0.0495 e. The Morgan fingerprint density at radius 1 is 1.37 bits per heavy atom. The van der Waals surface area contributed by atoms with Crippen LogP contribution in [0.1, 0.15) is 44.2 Å². The van der Waals surface area contributed by atoms with Gasteiger partial charge in [0.15, 0.2) is 0 Å². The van der Waals surface area contributed by atoms with Gasteiger partial charge in [-0.05, 0) is 49.4 Å². The van der Waals surface area contributed by atoms with Gasteiger partial charge in [-0.2, -0.15) is 0 Å². The summed E-state index contributed by atoms with van der Waals surface area (Å²) in [4.78, 5) is 0. The minimum absolute atomic E-state index is 0.449. The summed E-state index contributed by atoms with van der Waals surface area (Å²) in [5.41, 5.74) is 1.34. The summed E-state index contributed by atoms with van der Waals surface area (Å²) in [7, 11) is 0. The summed E-state index contributed by atoms with van der Waals surface area (Å²) in [6, 6.07) is 8.67. The van der Waals surface area contributed by atoms with E-state index in [2.05, 4.69) is 24.4 Å². The average molecular weight is 282 g/mol. The van der Waals surface area contributed by atoms with Gasteiger partial charge < -0.3 is 10.1 Å². The van der Waals surface area contributed by atoms with Crippen molar-refractivity contribution in [3.8, 4) is 0 Å². The van der Waals surface area contributed by atoms with Crippen LogP contribution in [-0.2, 0) is 4.74 Å². The first-order valence-electron chi connectivity index (χ1n) is 7.36. The summed E-state index contributed by atoms with van der Waals surface area (Å²) < 4.78 is 5.42. The van der Waals surface area contributed by atoms with Crippen molar-refractivity contribution in [1.29, 1.82) is 0 Å². The normalized spacial score (nSPS) is 20.6. The van der Waals surface area contributed by atoms with E-state index in [1.165, 1.54) is 31.2 Å². The molecule has 1 aromatic carbocycles. The summed E-state index contributed by atoms with van der Waals surface area (Å²) in [6.45, 7) is 5.19. The van der Waals surface area contributed by atoms with Crippen LogP contribution in [0.5, 0.6) is 0 Å². The van der Waals surface area contributed by atoms with Crippen molar-refractivity contribution in [3.63, 3.8) is 0 Å². The first-order chi connectivity index (χ1) is 9.29. The molecule has 19 heavy (non-hydrogen) atoms. The minimum atomic E-state index is 0.449. The molecule has 1 fully saturated rings. The van der Waals surface area contributed by atoms with E-state index in [4.69, 9.17) is 16.3 Å². The molecule has 3 heteroatoms. The molecule has 0 aromatic heterocycles. The fourth-order valence-electron chi connectivity index (χ4n) is 2.64. The van der Waals surface area contributed by atoms with Crippen LogP contribution in [0, 0.1) is 5.92 Å². The zero-order valence-corrected chi connectivity index (χ0v) is 12.5. The molecule has 1 heterocycles. The number of hydrogen-bond acceptors (Lipinski definition) is 2. The molecule has 1 aliphatic heterocycles. The Hall–Kier alpha value is -0.570. The second-order valence-corrected chi connectivity index (χ2v) is 5.80. The van der Waals surface area contributed by atoms with Gasteiger partial charge in [-0.1, -0.05) is 37.1 Å². The molecule has 1 N–H and O–H groups in total. The Bertz CT molecular complexity index is 360. The third kappa shape index (κ3) is 4.79. The molecule has 2 rings (SSSR count). The Kier molecular flexibility index (Phi) is 6.15. The number of ether oxygens (including phenoxy) is 1. The first-order valence-corrected chi connectivity index (χ1v) is 7.74. The Morgan fingerprint density at radius 2 is 2.16 bits per heavy atom. The van der Waals surface area contributed by atoms with Crippen LogP contribution in [0.25, 0.3) is 0 Å². The van der Waals surface area contributed by atoms with E-state index in [0.717, 1.165) is 30.7 Å². The molecule has 0 bridgehead atoms. The topological polar surface area (TPSA) is 21.3 Å². The second kappa shape index (κ2) is 7.88. The predicted octanol–water partition coefficient (Wildman–Crippen LogP) is 4.20. The van der Waals surface area contributed by atoms with E-state index in [9.17, 15) is 0 Å². The van der Waals surface area contributed by atoms with Gasteiger partial charge >= 0.3 is 0 Å². The lowest BCUT2D eigenvalue weighted by atomic mass is 10.0. The number of halogens is 1. The molecule has 0 aliphatic carbocycles. The van der Waals surface area contributed by atoms with Gasteiger partial charge in [-0.15, -0.1) is 0 Å². The van der Waals surface area contributed by atoms with Gasteiger partial charge in [0, 0.05) is 24.3 Å². The molecule has 0 amide bonds. The van der Waals surface area contributed by atoms with Crippen molar-refractivity contribution in [2.45, 2.75) is 38.6 Å². The van der Waals surface area contributed by atoms with Crippen molar-refractivity contribution in [3.05, 3.63) is 34.9 Å².